The summed E-state index contributed by atoms with van der Waals surface area (Å²) in [6.45, 7) is 0. The van der Waals surface area contributed by atoms with Gasteiger partial charge in [0.05, 0.1) is 0 Å². The first-order chi connectivity index (χ1) is 13.7. The van der Waals surface area contributed by atoms with Gasteiger partial charge in [-0.15, -0.1) is 0 Å². The summed E-state index contributed by atoms with van der Waals surface area (Å²) < 4.78 is 0. The highest BCUT2D eigenvalue weighted by Crippen LogP contribution is 1.99. The Labute approximate surface area is 188 Å². The zero-order valence-corrected chi connectivity index (χ0v) is 18.0. The largest absolute Gasteiger partial charge is 0.481 e. The van der Waals surface area contributed by atoms with E-state index in [2.05, 4.69) is 0 Å². The lowest BCUT2D eigenvalue weighted by Crippen LogP contribution is -2.39. The molecule has 0 aromatic carbocycles. The third kappa shape index (κ3) is 39.6. The molecule has 0 saturated heterocycles. The van der Waals surface area contributed by atoms with E-state index in [0.29, 0.717) is 25.7 Å². The summed E-state index contributed by atoms with van der Waals surface area (Å²) in [5.41, 5.74) is 0. The highest BCUT2D eigenvalue weighted by atomic mass is 16.4. The standard InChI is InChI=1S/2C6H10O4.C4H6O6.3H3N/c2*7-5(8)3-1-2-4-6(9)10;5-1(3(7)8)2(6)4(9)10;;;/h2*1-4H2,(H,7,8)(H,9,10);1-2,5-6H,(H,7,8)(H,9,10);3*1H3. The number of aliphatic carboxylic acids is 6. The molecule has 0 spiro atoms. The molecule has 0 amide bonds. The Balaban J connectivity index is -0.0000000792. The third-order valence-corrected chi connectivity index (χ3v) is 2.87. The number of aliphatic hydroxyl groups is 2. The van der Waals surface area contributed by atoms with Crippen molar-refractivity contribution in [2.45, 2.75) is 63.6 Å². The van der Waals surface area contributed by atoms with Gasteiger partial charge in [0.1, 0.15) is 0 Å². The zero-order valence-electron chi connectivity index (χ0n) is 18.0. The Bertz CT molecular complexity index is 503. The fraction of sp³-hybridized carbons (Fsp3) is 0.625. The van der Waals surface area contributed by atoms with E-state index in [0.717, 1.165) is 0 Å². The third-order valence-electron chi connectivity index (χ3n) is 2.87. The summed E-state index contributed by atoms with van der Waals surface area (Å²) in [6.07, 6.45) is -2.50. The van der Waals surface area contributed by atoms with Crippen molar-refractivity contribution in [1.29, 1.82) is 0 Å². The molecule has 33 heavy (non-hydrogen) atoms. The number of rotatable bonds is 13. The molecule has 2 unspecified atom stereocenters. The second kappa shape index (κ2) is 26.7. The molecule has 0 fully saturated rings. The first-order valence-electron chi connectivity index (χ1n) is 8.41. The molecule has 0 aliphatic heterocycles. The molecule has 17 N–H and O–H groups in total. The smallest absolute Gasteiger partial charge is 0.335 e. The average Bonchev–Trinajstić information content (AvgIpc) is 2.61. The summed E-state index contributed by atoms with van der Waals surface area (Å²) >= 11 is 0. The molecule has 198 valence electrons. The molecule has 0 saturated carbocycles. The summed E-state index contributed by atoms with van der Waals surface area (Å²) in [7, 11) is 0. The minimum Gasteiger partial charge on any atom is -0.481 e. The Morgan fingerprint density at radius 1 is 0.424 bits per heavy atom. The first-order valence-corrected chi connectivity index (χ1v) is 8.41. The van der Waals surface area contributed by atoms with Gasteiger partial charge in [0.15, 0.2) is 12.2 Å². The van der Waals surface area contributed by atoms with Crippen LogP contribution in [0.5, 0.6) is 0 Å². The molecular formula is C16H35N3O14. The van der Waals surface area contributed by atoms with Gasteiger partial charge in [-0.1, -0.05) is 0 Å². The number of unbranched alkanes of at least 4 members (excludes halogenated alkanes) is 2. The van der Waals surface area contributed by atoms with Crippen molar-refractivity contribution in [2.75, 3.05) is 0 Å². The summed E-state index contributed by atoms with van der Waals surface area (Å²) in [5, 5.41) is 65.1. The van der Waals surface area contributed by atoms with E-state index in [1.807, 2.05) is 0 Å². The van der Waals surface area contributed by atoms with Crippen LogP contribution in [0.15, 0.2) is 0 Å². The average molecular weight is 493 g/mol. The maximum atomic E-state index is 9.90. The SMILES string of the molecule is N.N.N.O=C(O)C(O)C(O)C(=O)O.O=C(O)CCCCC(=O)O.O=C(O)CCCCC(=O)O. The molecule has 0 aliphatic rings. The summed E-state index contributed by atoms with van der Waals surface area (Å²) in [5.74, 6) is -7.02. The van der Waals surface area contributed by atoms with Crippen LogP contribution < -0.4 is 18.5 Å². The van der Waals surface area contributed by atoms with Crippen LogP contribution in [-0.4, -0.2) is 88.9 Å². The van der Waals surface area contributed by atoms with E-state index < -0.39 is 48.0 Å². The molecule has 0 rings (SSSR count). The van der Waals surface area contributed by atoms with E-state index in [-0.39, 0.29) is 44.1 Å². The van der Waals surface area contributed by atoms with Crippen molar-refractivity contribution in [3.05, 3.63) is 0 Å². The van der Waals surface area contributed by atoms with Gasteiger partial charge in [-0.25, -0.2) is 9.59 Å². The Kier molecular flexibility index (Phi) is 35.1. The normalized spacial score (nSPS) is 10.4. The summed E-state index contributed by atoms with van der Waals surface area (Å²) in [4.78, 5) is 59.1. The first kappa shape index (κ1) is 43.5. The van der Waals surface area contributed by atoms with E-state index >= 15 is 0 Å². The van der Waals surface area contributed by atoms with Gasteiger partial charge in [-0.05, 0) is 25.7 Å². The van der Waals surface area contributed by atoms with Crippen molar-refractivity contribution in [3.63, 3.8) is 0 Å². The van der Waals surface area contributed by atoms with Gasteiger partial charge in [0.2, 0.25) is 0 Å². The fourth-order valence-corrected chi connectivity index (χ4v) is 1.38. The van der Waals surface area contributed by atoms with E-state index in [1.54, 1.807) is 0 Å². The molecule has 17 nitrogen and oxygen atoms in total. The lowest BCUT2D eigenvalue weighted by molar-refractivity contribution is -0.165. The van der Waals surface area contributed by atoms with Crippen molar-refractivity contribution >= 4 is 35.8 Å². The molecule has 0 aliphatic carbocycles. The molecule has 0 aromatic heterocycles. The van der Waals surface area contributed by atoms with Crippen molar-refractivity contribution < 1.29 is 69.6 Å². The quantitative estimate of drug-likeness (QED) is 0.148. The number of hydrogen-bond donors (Lipinski definition) is 11. The number of hydrogen-bond acceptors (Lipinski definition) is 11. The molecule has 0 aromatic rings. The molecule has 0 heterocycles. The number of carboxylic acids is 6. The van der Waals surface area contributed by atoms with E-state index in [9.17, 15) is 28.8 Å². The van der Waals surface area contributed by atoms with Crippen LogP contribution in [-0.2, 0) is 28.8 Å². The highest BCUT2D eigenvalue weighted by Gasteiger charge is 2.29. The predicted octanol–water partition coefficient (Wildman–Crippen LogP) is -0.205. The number of aliphatic hydroxyl groups excluding tert-OH is 2. The maximum Gasteiger partial charge on any atom is 0.335 e. The van der Waals surface area contributed by atoms with Crippen LogP contribution in [0.4, 0.5) is 0 Å². The lowest BCUT2D eigenvalue weighted by Gasteiger charge is -2.07. The van der Waals surface area contributed by atoms with Gasteiger partial charge in [-0.2, -0.15) is 0 Å². The van der Waals surface area contributed by atoms with Gasteiger partial charge in [-0.3, -0.25) is 19.2 Å². The van der Waals surface area contributed by atoms with Crippen LogP contribution in [0.3, 0.4) is 0 Å². The van der Waals surface area contributed by atoms with Gasteiger partial charge in [0.25, 0.3) is 0 Å². The topological polar surface area (TPSA) is 369 Å². The Morgan fingerprint density at radius 2 is 0.576 bits per heavy atom. The summed E-state index contributed by atoms with van der Waals surface area (Å²) in [6, 6.07) is 0. The van der Waals surface area contributed by atoms with Gasteiger partial charge < -0.3 is 59.3 Å². The second-order valence-electron chi connectivity index (χ2n) is 5.56. The van der Waals surface area contributed by atoms with Crippen molar-refractivity contribution in [1.82, 2.24) is 18.5 Å². The predicted molar refractivity (Wildman–Crippen MR) is 110 cm³/mol. The van der Waals surface area contributed by atoms with E-state index in [4.69, 9.17) is 40.9 Å². The van der Waals surface area contributed by atoms with Crippen LogP contribution in [0.25, 0.3) is 0 Å². The molecule has 2 atom stereocenters. The monoisotopic (exact) mass is 493 g/mol. The minimum atomic E-state index is -2.27. The van der Waals surface area contributed by atoms with Gasteiger partial charge >= 0.3 is 35.8 Å². The zero-order chi connectivity index (χ0) is 24.3. The highest BCUT2D eigenvalue weighted by molar-refractivity contribution is 5.83. The second-order valence-corrected chi connectivity index (χ2v) is 5.56. The van der Waals surface area contributed by atoms with Gasteiger partial charge in [0, 0.05) is 25.7 Å². The number of carboxylic acid groups (broad SMARTS) is 6. The molecule has 0 bridgehead atoms. The Hall–Kier alpha value is -3.38. The van der Waals surface area contributed by atoms with Crippen LogP contribution in [0.1, 0.15) is 51.4 Å². The van der Waals surface area contributed by atoms with Crippen LogP contribution >= 0.6 is 0 Å². The van der Waals surface area contributed by atoms with Crippen LogP contribution in [0, 0.1) is 0 Å². The van der Waals surface area contributed by atoms with E-state index in [1.165, 1.54) is 0 Å². The minimum absolute atomic E-state index is 0. The number of carbonyl (C=O) groups is 6. The maximum absolute atomic E-state index is 9.90. The van der Waals surface area contributed by atoms with Crippen molar-refractivity contribution in [2.24, 2.45) is 0 Å². The Morgan fingerprint density at radius 3 is 0.667 bits per heavy atom. The lowest BCUT2D eigenvalue weighted by atomic mass is 10.2. The molecular weight excluding hydrogens is 458 g/mol. The molecule has 17 heteroatoms. The fourth-order valence-electron chi connectivity index (χ4n) is 1.38. The van der Waals surface area contributed by atoms with Crippen LogP contribution in [0.2, 0.25) is 0 Å². The molecule has 0 radical (unpaired) electrons. The van der Waals surface area contributed by atoms with Crippen molar-refractivity contribution in [3.8, 4) is 0 Å².